The van der Waals surface area contributed by atoms with Crippen molar-refractivity contribution >= 4 is 17.5 Å². The van der Waals surface area contributed by atoms with Crippen LogP contribution in [0.5, 0.6) is 0 Å². The van der Waals surface area contributed by atoms with Gasteiger partial charge in [-0.05, 0) is 55.9 Å². The molecule has 0 aromatic heterocycles. The van der Waals surface area contributed by atoms with Crippen LogP contribution in [0.15, 0.2) is 24.3 Å². The Labute approximate surface area is 150 Å². The van der Waals surface area contributed by atoms with Gasteiger partial charge in [0.25, 0.3) is 5.91 Å². The quantitative estimate of drug-likeness (QED) is 0.885. The van der Waals surface area contributed by atoms with Crippen LogP contribution in [0.1, 0.15) is 62.2 Å². The molecule has 2 fully saturated rings. The highest BCUT2D eigenvalue weighted by molar-refractivity contribution is 5.99. The number of hydrogen-bond donors (Lipinski definition) is 2. The van der Waals surface area contributed by atoms with Gasteiger partial charge in [-0.3, -0.25) is 9.59 Å². The molecule has 136 valence electrons. The highest BCUT2D eigenvalue weighted by Crippen LogP contribution is 2.27. The molecule has 0 radical (unpaired) electrons. The molecule has 2 amide bonds. The molecule has 1 aromatic carbocycles. The van der Waals surface area contributed by atoms with Gasteiger partial charge in [0.1, 0.15) is 0 Å². The van der Waals surface area contributed by atoms with Crippen LogP contribution in [-0.2, 0) is 4.79 Å². The molecule has 0 bridgehead atoms. The summed E-state index contributed by atoms with van der Waals surface area (Å²) in [6.45, 7) is 3.89. The smallest absolute Gasteiger partial charge is 0.253 e. The second-order valence-corrected chi connectivity index (χ2v) is 7.72. The van der Waals surface area contributed by atoms with Crippen molar-refractivity contribution in [2.24, 2.45) is 11.7 Å². The average Bonchev–Trinajstić information content (AvgIpc) is 2.63. The van der Waals surface area contributed by atoms with Crippen LogP contribution in [0.25, 0.3) is 0 Å². The summed E-state index contributed by atoms with van der Waals surface area (Å²) < 4.78 is 0. The number of nitrogens with two attached hydrogens (primary N) is 1. The van der Waals surface area contributed by atoms with Gasteiger partial charge in [-0.15, -0.1) is 0 Å². The molecule has 2 aliphatic rings. The number of nitrogens with one attached hydrogen (secondary N) is 1. The van der Waals surface area contributed by atoms with Crippen LogP contribution in [0.2, 0.25) is 0 Å². The maximum absolute atomic E-state index is 12.6. The molecular weight excluding hydrogens is 314 g/mol. The summed E-state index contributed by atoms with van der Waals surface area (Å²) in [6.07, 6.45) is 6.78. The summed E-state index contributed by atoms with van der Waals surface area (Å²) in [5, 5.41) is 2.91. The SMILES string of the molecule is CC1CCN(C(=O)c2ccc(NC(=O)C3(N)CCCCC3)cc2)CC1. The minimum atomic E-state index is -0.753. The van der Waals surface area contributed by atoms with Crippen LogP contribution < -0.4 is 11.1 Å². The number of anilines is 1. The van der Waals surface area contributed by atoms with Gasteiger partial charge < -0.3 is 16.0 Å². The number of nitrogens with zero attached hydrogens (tertiary/aromatic N) is 1. The predicted molar refractivity (Wildman–Crippen MR) is 99.4 cm³/mol. The lowest BCUT2D eigenvalue weighted by Gasteiger charge is -2.32. The lowest BCUT2D eigenvalue weighted by Crippen LogP contribution is -2.52. The Kier molecular flexibility index (Phi) is 5.42. The minimum Gasteiger partial charge on any atom is -0.339 e. The fraction of sp³-hybridized carbons (Fsp3) is 0.600. The van der Waals surface area contributed by atoms with Gasteiger partial charge in [0.15, 0.2) is 0 Å². The minimum absolute atomic E-state index is 0.0763. The zero-order chi connectivity index (χ0) is 17.9. The van der Waals surface area contributed by atoms with E-state index in [2.05, 4.69) is 12.2 Å². The fourth-order valence-corrected chi connectivity index (χ4v) is 3.76. The fourth-order valence-electron chi connectivity index (χ4n) is 3.76. The second-order valence-electron chi connectivity index (χ2n) is 7.72. The lowest BCUT2D eigenvalue weighted by molar-refractivity contribution is -0.122. The van der Waals surface area contributed by atoms with Gasteiger partial charge in [-0.2, -0.15) is 0 Å². The van der Waals surface area contributed by atoms with Crippen molar-refractivity contribution < 1.29 is 9.59 Å². The molecule has 5 nitrogen and oxygen atoms in total. The molecule has 1 aromatic rings. The number of benzene rings is 1. The van der Waals surface area contributed by atoms with E-state index in [4.69, 9.17) is 5.73 Å². The number of likely N-dealkylation sites (tertiary alicyclic amines) is 1. The molecule has 0 unspecified atom stereocenters. The Morgan fingerprint density at radius 3 is 2.28 bits per heavy atom. The molecule has 1 heterocycles. The van der Waals surface area contributed by atoms with Crippen molar-refractivity contribution in [3.05, 3.63) is 29.8 Å². The second kappa shape index (κ2) is 7.56. The van der Waals surface area contributed by atoms with E-state index in [0.717, 1.165) is 58.0 Å². The Bertz CT molecular complexity index is 612. The summed E-state index contributed by atoms with van der Waals surface area (Å²) in [5.41, 5.74) is 6.88. The summed E-state index contributed by atoms with van der Waals surface area (Å²) >= 11 is 0. The van der Waals surface area contributed by atoms with Crippen molar-refractivity contribution in [3.8, 4) is 0 Å². The van der Waals surface area contributed by atoms with Crippen molar-refractivity contribution in [3.63, 3.8) is 0 Å². The van der Waals surface area contributed by atoms with E-state index in [1.54, 1.807) is 24.3 Å². The third kappa shape index (κ3) is 4.21. The maximum atomic E-state index is 12.6. The predicted octanol–water partition coefficient (Wildman–Crippen LogP) is 3.16. The zero-order valence-electron chi connectivity index (χ0n) is 15.1. The van der Waals surface area contributed by atoms with Gasteiger partial charge in [0, 0.05) is 24.3 Å². The van der Waals surface area contributed by atoms with Crippen LogP contribution in [0.3, 0.4) is 0 Å². The van der Waals surface area contributed by atoms with E-state index < -0.39 is 5.54 Å². The van der Waals surface area contributed by atoms with Crippen LogP contribution in [-0.4, -0.2) is 35.3 Å². The monoisotopic (exact) mass is 343 g/mol. The first kappa shape index (κ1) is 17.9. The van der Waals surface area contributed by atoms with Crippen LogP contribution >= 0.6 is 0 Å². The molecule has 0 spiro atoms. The van der Waals surface area contributed by atoms with E-state index >= 15 is 0 Å². The summed E-state index contributed by atoms with van der Waals surface area (Å²) in [7, 11) is 0. The van der Waals surface area contributed by atoms with Crippen LogP contribution in [0.4, 0.5) is 5.69 Å². The molecule has 1 saturated carbocycles. The number of rotatable bonds is 3. The molecule has 1 saturated heterocycles. The maximum Gasteiger partial charge on any atom is 0.253 e. The topological polar surface area (TPSA) is 75.4 Å². The first-order chi connectivity index (χ1) is 12.0. The molecule has 1 aliphatic heterocycles. The van der Waals surface area contributed by atoms with E-state index in [-0.39, 0.29) is 11.8 Å². The molecule has 0 atom stereocenters. The number of hydrogen-bond acceptors (Lipinski definition) is 3. The van der Waals surface area contributed by atoms with Gasteiger partial charge >= 0.3 is 0 Å². The van der Waals surface area contributed by atoms with Gasteiger partial charge in [-0.25, -0.2) is 0 Å². The Morgan fingerprint density at radius 2 is 1.68 bits per heavy atom. The van der Waals surface area contributed by atoms with E-state index in [9.17, 15) is 9.59 Å². The first-order valence-corrected chi connectivity index (χ1v) is 9.48. The van der Waals surface area contributed by atoms with E-state index in [0.29, 0.717) is 17.2 Å². The number of carbonyl (C=O) groups is 2. The van der Waals surface area contributed by atoms with Crippen molar-refractivity contribution in [2.45, 2.75) is 57.4 Å². The molecule has 3 rings (SSSR count). The van der Waals surface area contributed by atoms with E-state index in [1.807, 2.05) is 4.90 Å². The standard InChI is InChI=1S/C20H29N3O2/c1-15-9-13-23(14-10-15)18(24)16-5-7-17(8-6-16)22-19(25)20(21)11-3-2-4-12-20/h5-8,15H,2-4,9-14,21H2,1H3,(H,22,25). The normalized spacial score (nSPS) is 21.0. The van der Waals surface area contributed by atoms with Crippen LogP contribution in [0, 0.1) is 5.92 Å². The van der Waals surface area contributed by atoms with Crippen molar-refractivity contribution in [2.75, 3.05) is 18.4 Å². The van der Waals surface area contributed by atoms with Gasteiger partial charge in [0.05, 0.1) is 5.54 Å². The Hall–Kier alpha value is -1.88. The average molecular weight is 343 g/mol. The molecule has 5 heteroatoms. The number of amides is 2. The van der Waals surface area contributed by atoms with Crippen molar-refractivity contribution in [1.82, 2.24) is 4.90 Å². The third-order valence-corrected chi connectivity index (χ3v) is 5.66. The first-order valence-electron chi connectivity index (χ1n) is 9.48. The van der Waals surface area contributed by atoms with E-state index in [1.165, 1.54) is 0 Å². The van der Waals surface area contributed by atoms with Gasteiger partial charge in [0.2, 0.25) is 5.91 Å². The molecule has 25 heavy (non-hydrogen) atoms. The Morgan fingerprint density at radius 1 is 1.08 bits per heavy atom. The van der Waals surface area contributed by atoms with Gasteiger partial charge in [-0.1, -0.05) is 26.2 Å². The molecule has 3 N–H and O–H groups in total. The summed E-state index contributed by atoms with van der Waals surface area (Å²) in [5.74, 6) is 0.661. The van der Waals surface area contributed by atoms with Crippen molar-refractivity contribution in [1.29, 1.82) is 0 Å². The highest BCUT2D eigenvalue weighted by Gasteiger charge is 2.35. The number of carbonyl (C=O) groups excluding carboxylic acids is 2. The summed E-state index contributed by atoms with van der Waals surface area (Å²) in [6, 6.07) is 7.17. The number of piperidine rings is 1. The highest BCUT2D eigenvalue weighted by atomic mass is 16.2. The summed E-state index contributed by atoms with van der Waals surface area (Å²) in [4.78, 5) is 27.0. The molecular formula is C20H29N3O2. The lowest BCUT2D eigenvalue weighted by atomic mass is 9.82. The Balaban J connectivity index is 1.60. The third-order valence-electron chi connectivity index (χ3n) is 5.66. The largest absolute Gasteiger partial charge is 0.339 e. The zero-order valence-corrected chi connectivity index (χ0v) is 15.1. The molecule has 1 aliphatic carbocycles.